The number of hydrogen-bond acceptors (Lipinski definition) is 3. The molecule has 29 heavy (non-hydrogen) atoms. The number of carbonyl (C=O) groups is 2. The molecule has 1 saturated carbocycles. The van der Waals surface area contributed by atoms with Gasteiger partial charge in [-0.05, 0) is 37.1 Å². The molecule has 1 saturated heterocycles. The zero-order chi connectivity index (χ0) is 20.6. The van der Waals surface area contributed by atoms with Gasteiger partial charge in [-0.25, -0.2) is 0 Å². The van der Waals surface area contributed by atoms with Gasteiger partial charge in [-0.1, -0.05) is 18.6 Å². The summed E-state index contributed by atoms with van der Waals surface area (Å²) in [6, 6.07) is 7.78. The fourth-order valence-electron chi connectivity index (χ4n) is 3.66. The third-order valence-electron chi connectivity index (χ3n) is 5.62. The number of hydrogen-bond donors (Lipinski definition) is 0. The van der Waals surface area contributed by atoms with Crippen molar-refractivity contribution in [2.24, 2.45) is 5.92 Å². The van der Waals surface area contributed by atoms with E-state index in [2.05, 4.69) is 0 Å². The number of amides is 2. The van der Waals surface area contributed by atoms with Gasteiger partial charge in [0.25, 0.3) is 5.91 Å². The van der Waals surface area contributed by atoms with Crippen molar-refractivity contribution in [3.05, 3.63) is 47.7 Å². The summed E-state index contributed by atoms with van der Waals surface area (Å²) in [5.74, 6) is 0.277. The van der Waals surface area contributed by atoms with Crippen LogP contribution in [-0.2, 0) is 11.0 Å². The third kappa shape index (κ3) is 4.02. The molecule has 4 rings (SSSR count). The number of alkyl halides is 3. The molecular formula is C21H21F3N2O3. The molecule has 0 radical (unpaired) electrons. The van der Waals surface area contributed by atoms with E-state index >= 15 is 0 Å². The molecule has 1 aromatic heterocycles. The lowest BCUT2D eigenvalue weighted by Gasteiger charge is -2.37. The lowest BCUT2D eigenvalue weighted by Crippen LogP contribution is -2.52. The Morgan fingerprint density at radius 3 is 2.28 bits per heavy atom. The number of halogens is 3. The first kappa shape index (κ1) is 19.5. The van der Waals surface area contributed by atoms with Crippen molar-refractivity contribution < 1.29 is 27.2 Å². The quantitative estimate of drug-likeness (QED) is 0.773. The largest absolute Gasteiger partial charge is 0.451 e. The highest BCUT2D eigenvalue weighted by atomic mass is 19.4. The predicted molar refractivity (Wildman–Crippen MR) is 99.0 cm³/mol. The summed E-state index contributed by atoms with van der Waals surface area (Å²) in [5.41, 5.74) is -0.513. The molecule has 2 aliphatic rings. The molecule has 5 nitrogen and oxygen atoms in total. The van der Waals surface area contributed by atoms with Gasteiger partial charge in [-0.15, -0.1) is 0 Å². The number of carbonyl (C=O) groups excluding carboxylic acids is 2. The number of rotatable bonds is 3. The van der Waals surface area contributed by atoms with Crippen molar-refractivity contribution in [3.8, 4) is 11.3 Å². The number of piperazine rings is 1. The minimum Gasteiger partial charge on any atom is -0.451 e. The maximum Gasteiger partial charge on any atom is 0.416 e. The summed E-state index contributed by atoms with van der Waals surface area (Å²) in [4.78, 5) is 28.4. The Kier molecular flexibility index (Phi) is 5.10. The van der Waals surface area contributed by atoms with E-state index in [1.807, 2.05) is 4.90 Å². The Morgan fingerprint density at radius 2 is 1.66 bits per heavy atom. The molecule has 0 spiro atoms. The van der Waals surface area contributed by atoms with E-state index in [0.717, 1.165) is 31.4 Å². The van der Waals surface area contributed by atoms with Crippen LogP contribution in [0.4, 0.5) is 13.2 Å². The van der Waals surface area contributed by atoms with Gasteiger partial charge in [-0.2, -0.15) is 13.2 Å². The molecular weight excluding hydrogens is 385 g/mol. The highest BCUT2D eigenvalue weighted by molar-refractivity contribution is 5.92. The molecule has 2 aromatic rings. The van der Waals surface area contributed by atoms with Gasteiger partial charge in [0, 0.05) is 37.7 Å². The average Bonchev–Trinajstić information content (AvgIpc) is 3.16. The second-order valence-electron chi connectivity index (χ2n) is 7.49. The Balaban J connectivity index is 1.41. The van der Waals surface area contributed by atoms with Crippen LogP contribution >= 0.6 is 0 Å². The van der Waals surface area contributed by atoms with Crippen LogP contribution in [0.25, 0.3) is 11.3 Å². The minimum atomic E-state index is -4.45. The van der Waals surface area contributed by atoms with Crippen LogP contribution in [0.3, 0.4) is 0 Å². The monoisotopic (exact) mass is 406 g/mol. The molecule has 1 aliphatic carbocycles. The first-order valence-electron chi connectivity index (χ1n) is 9.68. The van der Waals surface area contributed by atoms with E-state index in [-0.39, 0.29) is 34.8 Å². The highest BCUT2D eigenvalue weighted by Crippen LogP contribution is 2.33. The minimum absolute atomic E-state index is 0.0798. The normalized spacial score (nSPS) is 17.9. The van der Waals surface area contributed by atoms with Crippen LogP contribution < -0.4 is 0 Å². The predicted octanol–water partition coefficient (Wildman–Crippen LogP) is 4.05. The van der Waals surface area contributed by atoms with Crippen LogP contribution in [0, 0.1) is 5.92 Å². The van der Waals surface area contributed by atoms with Crippen LogP contribution in [0.5, 0.6) is 0 Å². The van der Waals surface area contributed by atoms with Gasteiger partial charge in [-0.3, -0.25) is 9.59 Å². The topological polar surface area (TPSA) is 53.8 Å². The second kappa shape index (κ2) is 7.57. The van der Waals surface area contributed by atoms with E-state index in [1.165, 1.54) is 24.3 Å². The number of nitrogens with zero attached hydrogens (tertiary/aromatic N) is 2. The van der Waals surface area contributed by atoms with Gasteiger partial charge in [0.15, 0.2) is 5.76 Å². The van der Waals surface area contributed by atoms with E-state index in [1.54, 1.807) is 4.90 Å². The Morgan fingerprint density at radius 1 is 0.966 bits per heavy atom. The molecule has 2 amide bonds. The first-order valence-corrected chi connectivity index (χ1v) is 9.68. The van der Waals surface area contributed by atoms with Crippen LogP contribution in [0.15, 0.2) is 40.8 Å². The van der Waals surface area contributed by atoms with Crippen LogP contribution in [0.1, 0.15) is 35.4 Å². The van der Waals surface area contributed by atoms with Gasteiger partial charge >= 0.3 is 6.18 Å². The second-order valence-corrected chi connectivity index (χ2v) is 7.49. The molecule has 0 atom stereocenters. The third-order valence-corrected chi connectivity index (χ3v) is 5.62. The van der Waals surface area contributed by atoms with Gasteiger partial charge in [0.2, 0.25) is 5.91 Å². The maximum atomic E-state index is 12.9. The molecule has 0 unspecified atom stereocenters. The van der Waals surface area contributed by atoms with Crippen molar-refractivity contribution >= 4 is 11.8 Å². The molecule has 0 bridgehead atoms. The Labute approximate surface area is 166 Å². The first-order chi connectivity index (χ1) is 13.8. The summed E-state index contributed by atoms with van der Waals surface area (Å²) in [6.07, 6.45) is -1.45. The van der Waals surface area contributed by atoms with Gasteiger partial charge in [0.05, 0.1) is 5.56 Å². The van der Waals surface area contributed by atoms with Crippen molar-refractivity contribution in [1.82, 2.24) is 9.80 Å². The van der Waals surface area contributed by atoms with Crippen molar-refractivity contribution in [2.75, 3.05) is 26.2 Å². The van der Waals surface area contributed by atoms with Gasteiger partial charge < -0.3 is 14.2 Å². The van der Waals surface area contributed by atoms with E-state index < -0.39 is 11.7 Å². The summed E-state index contributed by atoms with van der Waals surface area (Å²) in [7, 11) is 0. The highest BCUT2D eigenvalue weighted by Gasteiger charge is 2.33. The lowest BCUT2D eigenvalue weighted by atomic mass is 9.84. The average molecular weight is 406 g/mol. The zero-order valence-corrected chi connectivity index (χ0v) is 15.7. The summed E-state index contributed by atoms with van der Waals surface area (Å²) in [5, 5.41) is 0. The van der Waals surface area contributed by atoms with Gasteiger partial charge in [0.1, 0.15) is 5.76 Å². The van der Waals surface area contributed by atoms with Crippen molar-refractivity contribution in [3.63, 3.8) is 0 Å². The van der Waals surface area contributed by atoms with E-state index in [0.29, 0.717) is 26.2 Å². The smallest absolute Gasteiger partial charge is 0.416 e. The molecule has 2 heterocycles. The zero-order valence-electron chi connectivity index (χ0n) is 15.7. The maximum absolute atomic E-state index is 12.9. The number of benzene rings is 1. The fraction of sp³-hybridized carbons (Fsp3) is 0.429. The molecule has 0 N–H and O–H groups in total. The van der Waals surface area contributed by atoms with Crippen LogP contribution in [-0.4, -0.2) is 47.8 Å². The number of furan rings is 1. The Bertz CT molecular complexity index is 910. The standard InChI is InChI=1S/C21H21F3N2O3/c22-21(23,24)16-6-2-5-15(13-16)17-7-8-18(29-17)20(28)26-11-9-25(10-12-26)19(27)14-3-1-4-14/h2,5-8,13-14H,1,3-4,9-12H2. The fourth-order valence-corrected chi connectivity index (χ4v) is 3.66. The van der Waals surface area contributed by atoms with E-state index in [9.17, 15) is 22.8 Å². The van der Waals surface area contributed by atoms with E-state index in [4.69, 9.17) is 4.42 Å². The van der Waals surface area contributed by atoms with Crippen molar-refractivity contribution in [1.29, 1.82) is 0 Å². The molecule has 1 aromatic carbocycles. The lowest BCUT2D eigenvalue weighted by molar-refractivity contribution is -0.139. The SMILES string of the molecule is O=C(c1ccc(-c2cccc(C(F)(F)F)c2)o1)N1CCN(C(=O)C2CCC2)CC1. The Hall–Kier alpha value is -2.77. The molecule has 154 valence electrons. The van der Waals surface area contributed by atoms with Crippen molar-refractivity contribution in [2.45, 2.75) is 25.4 Å². The molecule has 1 aliphatic heterocycles. The summed E-state index contributed by atoms with van der Waals surface area (Å²) >= 11 is 0. The molecule has 2 fully saturated rings. The summed E-state index contributed by atoms with van der Waals surface area (Å²) < 4.78 is 44.3. The van der Waals surface area contributed by atoms with Crippen LogP contribution in [0.2, 0.25) is 0 Å². The molecule has 8 heteroatoms. The summed E-state index contributed by atoms with van der Waals surface area (Å²) in [6.45, 7) is 1.80.